The zero-order valence-corrected chi connectivity index (χ0v) is 19.1. The molecule has 2 fully saturated rings. The molecular weight excluding hydrogens is 451 g/mol. The molecule has 1 heterocycles. The number of hydrogen-bond acceptors (Lipinski definition) is 3. The van der Waals surface area contributed by atoms with Crippen LogP contribution in [0.3, 0.4) is 0 Å². The van der Waals surface area contributed by atoms with Crippen LogP contribution in [0.2, 0.25) is 0 Å². The van der Waals surface area contributed by atoms with Crippen LogP contribution in [0.1, 0.15) is 57.4 Å². The molecule has 1 saturated heterocycles. The van der Waals surface area contributed by atoms with Crippen LogP contribution < -0.4 is 11.1 Å². The van der Waals surface area contributed by atoms with Crippen molar-refractivity contribution in [1.29, 1.82) is 0 Å². The molecule has 0 unspecified atom stereocenters. The average Bonchev–Trinajstić information content (AvgIpc) is 2.68. The summed E-state index contributed by atoms with van der Waals surface area (Å²) in [5.74, 6) is 1.02. The molecule has 1 saturated carbocycles. The van der Waals surface area contributed by atoms with E-state index in [4.69, 9.17) is 15.5 Å². The Morgan fingerprint density at radius 1 is 1.22 bits per heavy atom. The summed E-state index contributed by atoms with van der Waals surface area (Å²) in [5, 5.41) is 3.28. The fourth-order valence-electron chi connectivity index (χ4n) is 4.22. The van der Waals surface area contributed by atoms with E-state index in [1.165, 1.54) is 37.7 Å². The van der Waals surface area contributed by atoms with Crippen LogP contribution in [0.4, 0.5) is 5.69 Å². The largest absolute Gasteiger partial charge is 0.379 e. The van der Waals surface area contributed by atoms with Crippen LogP contribution in [0.5, 0.6) is 0 Å². The first-order valence-corrected chi connectivity index (χ1v) is 10.1. The molecular formula is C21H35IN4O. The summed E-state index contributed by atoms with van der Waals surface area (Å²) in [6, 6.07) is 8.43. The number of nitrogens with one attached hydrogen (secondary N) is 1. The van der Waals surface area contributed by atoms with Gasteiger partial charge >= 0.3 is 0 Å². The predicted octanol–water partition coefficient (Wildman–Crippen LogP) is 4.19. The lowest BCUT2D eigenvalue weighted by Gasteiger charge is -2.47. The molecule has 3 N–H and O–H groups in total. The van der Waals surface area contributed by atoms with Gasteiger partial charge in [-0.2, -0.15) is 0 Å². The summed E-state index contributed by atoms with van der Waals surface area (Å²) in [6.07, 6.45) is 6.35. The second-order valence-corrected chi connectivity index (χ2v) is 7.99. The van der Waals surface area contributed by atoms with Crippen LogP contribution in [-0.4, -0.2) is 49.2 Å². The maximum atomic E-state index is 6.23. The Kier molecular flexibility index (Phi) is 8.82. The fourth-order valence-corrected chi connectivity index (χ4v) is 4.22. The Hall–Kier alpha value is -0.860. The van der Waals surface area contributed by atoms with Gasteiger partial charge in [-0.1, -0.05) is 45.2 Å². The van der Waals surface area contributed by atoms with Crippen molar-refractivity contribution in [3.8, 4) is 0 Å². The van der Waals surface area contributed by atoms with E-state index in [1.54, 1.807) is 0 Å². The van der Waals surface area contributed by atoms with Crippen molar-refractivity contribution < 1.29 is 4.74 Å². The summed E-state index contributed by atoms with van der Waals surface area (Å²) in [4.78, 5) is 7.37. The van der Waals surface area contributed by atoms with E-state index in [9.17, 15) is 0 Å². The van der Waals surface area contributed by atoms with E-state index >= 15 is 0 Å². The third-order valence-electron chi connectivity index (χ3n) is 5.84. The van der Waals surface area contributed by atoms with Crippen LogP contribution in [0.25, 0.3) is 0 Å². The van der Waals surface area contributed by atoms with Gasteiger partial charge in [0.1, 0.15) is 0 Å². The van der Waals surface area contributed by atoms with E-state index < -0.39 is 0 Å². The highest BCUT2D eigenvalue weighted by atomic mass is 127. The van der Waals surface area contributed by atoms with Gasteiger partial charge in [0.2, 0.25) is 0 Å². The molecule has 2 aliphatic rings. The number of anilines is 1. The number of aliphatic imine (C=N–C) groups is 1. The molecule has 3 rings (SSSR count). The lowest BCUT2D eigenvalue weighted by atomic mass is 9.80. The Morgan fingerprint density at radius 2 is 1.93 bits per heavy atom. The van der Waals surface area contributed by atoms with Crippen molar-refractivity contribution in [3.63, 3.8) is 0 Å². The molecule has 1 aromatic rings. The second kappa shape index (κ2) is 10.6. The monoisotopic (exact) mass is 486 g/mol. The molecule has 5 nitrogen and oxygen atoms in total. The first-order chi connectivity index (χ1) is 12.6. The smallest absolute Gasteiger partial charge is 0.193 e. The van der Waals surface area contributed by atoms with Crippen LogP contribution in [0.15, 0.2) is 29.3 Å². The highest BCUT2D eigenvalue weighted by molar-refractivity contribution is 14.0. The number of hydrogen-bond donors (Lipinski definition) is 2. The van der Waals surface area contributed by atoms with E-state index in [0.29, 0.717) is 11.9 Å². The number of nitrogens with two attached hydrogens (primary N) is 1. The fraction of sp³-hybridized carbons (Fsp3) is 0.667. The lowest BCUT2D eigenvalue weighted by molar-refractivity contribution is -0.0333. The number of nitrogens with zero attached hydrogens (tertiary/aromatic N) is 2. The number of rotatable bonds is 5. The Balaban J connectivity index is 0.00000261. The summed E-state index contributed by atoms with van der Waals surface area (Å²) in [5.41, 5.74) is 8.71. The average molecular weight is 486 g/mol. The number of guanidine groups is 1. The maximum Gasteiger partial charge on any atom is 0.193 e. The first-order valence-electron chi connectivity index (χ1n) is 10.1. The number of halogens is 1. The summed E-state index contributed by atoms with van der Waals surface area (Å²) >= 11 is 0. The summed E-state index contributed by atoms with van der Waals surface area (Å²) in [7, 11) is 0. The molecule has 0 radical (unpaired) electrons. The third kappa shape index (κ3) is 6.06. The normalized spacial score (nSPS) is 20.9. The highest BCUT2D eigenvalue weighted by Gasteiger charge is 2.38. The van der Waals surface area contributed by atoms with Crippen molar-refractivity contribution >= 4 is 35.6 Å². The van der Waals surface area contributed by atoms with Crippen molar-refractivity contribution in [3.05, 3.63) is 29.8 Å². The Morgan fingerprint density at radius 3 is 2.59 bits per heavy atom. The SMILES string of the molecule is CC(C)c1cccc(NC(N)=NCC2(N3CCOCC3)CCCCC2)c1.I. The molecule has 6 heteroatoms. The topological polar surface area (TPSA) is 62.9 Å². The lowest BCUT2D eigenvalue weighted by Crippen LogP contribution is -2.56. The van der Waals surface area contributed by atoms with E-state index in [1.807, 2.05) is 6.07 Å². The van der Waals surface area contributed by atoms with Crippen molar-refractivity contribution in [2.24, 2.45) is 10.7 Å². The van der Waals surface area contributed by atoms with Gasteiger partial charge in [-0.05, 0) is 36.5 Å². The summed E-state index contributed by atoms with van der Waals surface area (Å²) < 4.78 is 5.56. The van der Waals surface area contributed by atoms with Gasteiger partial charge in [0, 0.05) is 24.3 Å². The molecule has 1 aliphatic heterocycles. The maximum absolute atomic E-state index is 6.23. The van der Waals surface area contributed by atoms with Crippen LogP contribution >= 0.6 is 24.0 Å². The molecule has 0 bridgehead atoms. The predicted molar refractivity (Wildman–Crippen MR) is 124 cm³/mol. The van der Waals surface area contributed by atoms with Crippen molar-refractivity contribution in [2.45, 2.75) is 57.4 Å². The van der Waals surface area contributed by atoms with Crippen molar-refractivity contribution in [1.82, 2.24) is 4.90 Å². The molecule has 1 aromatic carbocycles. The van der Waals surface area contributed by atoms with Crippen molar-refractivity contribution in [2.75, 3.05) is 38.2 Å². The number of benzene rings is 1. The van der Waals surface area contributed by atoms with E-state index in [0.717, 1.165) is 38.5 Å². The van der Waals surface area contributed by atoms with E-state index in [2.05, 4.69) is 42.3 Å². The zero-order chi connectivity index (χ0) is 18.4. The molecule has 1 aliphatic carbocycles. The molecule has 0 amide bonds. The minimum Gasteiger partial charge on any atom is -0.379 e. The van der Waals surface area contributed by atoms with E-state index in [-0.39, 0.29) is 29.5 Å². The summed E-state index contributed by atoms with van der Waals surface area (Å²) in [6.45, 7) is 8.87. The minimum absolute atomic E-state index is 0. The Labute approximate surface area is 181 Å². The van der Waals surface area contributed by atoms with Gasteiger partial charge in [-0.3, -0.25) is 9.89 Å². The van der Waals surface area contributed by atoms with Gasteiger partial charge in [-0.15, -0.1) is 24.0 Å². The standard InChI is InChI=1S/C21H34N4O.HI/c1-17(2)18-7-6-8-19(15-18)24-20(22)23-16-21(9-4-3-5-10-21)25-11-13-26-14-12-25;/h6-8,15,17H,3-5,9-14,16H2,1-2H3,(H3,22,23,24);1H. The van der Waals surface area contributed by atoms with Gasteiger partial charge < -0.3 is 15.8 Å². The number of morpholine rings is 1. The number of ether oxygens (including phenoxy) is 1. The first kappa shape index (κ1) is 22.4. The minimum atomic E-state index is 0. The molecule has 0 spiro atoms. The van der Waals surface area contributed by atoms with Gasteiger partial charge in [0.25, 0.3) is 0 Å². The Bertz CT molecular complexity index is 608. The third-order valence-corrected chi connectivity index (χ3v) is 5.84. The quantitative estimate of drug-likeness (QED) is 0.372. The highest BCUT2D eigenvalue weighted by Crippen LogP contribution is 2.34. The van der Waals surface area contributed by atoms with Gasteiger partial charge in [-0.25, -0.2) is 0 Å². The molecule has 152 valence electrons. The molecule has 0 atom stereocenters. The van der Waals surface area contributed by atoms with Crippen LogP contribution in [0, 0.1) is 0 Å². The molecule has 0 aromatic heterocycles. The van der Waals surface area contributed by atoms with Gasteiger partial charge in [0.05, 0.1) is 19.8 Å². The van der Waals surface area contributed by atoms with Crippen LogP contribution in [-0.2, 0) is 4.74 Å². The molecule has 27 heavy (non-hydrogen) atoms. The zero-order valence-electron chi connectivity index (χ0n) is 16.7. The van der Waals surface area contributed by atoms with Gasteiger partial charge in [0.15, 0.2) is 5.96 Å². The second-order valence-electron chi connectivity index (χ2n) is 7.99.